The molecular formula is C9H14Br2N2. The molecule has 2 nitrogen and oxygen atoms in total. The maximum absolute atomic E-state index is 4.46. The van der Waals surface area contributed by atoms with Crippen LogP contribution in [0, 0.1) is 0 Å². The molecule has 0 bridgehead atoms. The lowest BCUT2D eigenvalue weighted by Gasteiger charge is -2.09. The molecule has 0 N–H and O–H groups in total. The van der Waals surface area contributed by atoms with Crippen LogP contribution in [0.2, 0.25) is 0 Å². The van der Waals surface area contributed by atoms with Crippen LogP contribution in [0.5, 0.6) is 0 Å². The lowest BCUT2D eigenvalue weighted by molar-refractivity contribution is 0.601. The van der Waals surface area contributed by atoms with E-state index in [0.29, 0.717) is 5.92 Å². The van der Waals surface area contributed by atoms with E-state index in [4.69, 9.17) is 0 Å². The third kappa shape index (κ3) is 2.34. The van der Waals surface area contributed by atoms with Crippen molar-refractivity contribution in [1.29, 1.82) is 0 Å². The second kappa shape index (κ2) is 4.60. The molecule has 1 aromatic rings. The van der Waals surface area contributed by atoms with E-state index in [1.807, 2.05) is 0 Å². The average Bonchev–Trinajstić information content (AvgIpc) is 2.33. The molecule has 0 atom stereocenters. The van der Waals surface area contributed by atoms with Gasteiger partial charge in [-0.2, -0.15) is 0 Å². The summed E-state index contributed by atoms with van der Waals surface area (Å²) < 4.78 is 4.18. The van der Waals surface area contributed by atoms with Gasteiger partial charge in [0.1, 0.15) is 15.0 Å². The Morgan fingerprint density at radius 1 is 1.38 bits per heavy atom. The fourth-order valence-corrected chi connectivity index (χ4v) is 2.14. The van der Waals surface area contributed by atoms with Crippen molar-refractivity contribution in [3.8, 4) is 0 Å². The van der Waals surface area contributed by atoms with Crippen LogP contribution >= 0.6 is 31.9 Å². The lowest BCUT2D eigenvalue weighted by atomic mass is 10.2. The Hall–Kier alpha value is 0.170. The first kappa shape index (κ1) is 11.2. The Balaban J connectivity index is 3.11. The predicted octanol–water partition coefficient (Wildman–Crippen LogP) is 3.94. The molecule has 4 heteroatoms. The Bertz CT molecular complexity index is 292. The zero-order valence-corrected chi connectivity index (χ0v) is 11.3. The number of imidazole rings is 1. The molecule has 0 amide bonds. The number of halogens is 2. The van der Waals surface area contributed by atoms with Gasteiger partial charge < -0.3 is 4.57 Å². The van der Waals surface area contributed by atoms with Crippen LogP contribution in [-0.4, -0.2) is 9.55 Å². The monoisotopic (exact) mass is 308 g/mol. The van der Waals surface area contributed by atoms with Crippen molar-refractivity contribution >= 4 is 31.9 Å². The average molecular weight is 310 g/mol. The highest BCUT2D eigenvalue weighted by Gasteiger charge is 2.14. The number of hydrogen-bond acceptors (Lipinski definition) is 1. The summed E-state index contributed by atoms with van der Waals surface area (Å²) in [5.41, 5.74) is 0. The zero-order valence-electron chi connectivity index (χ0n) is 8.14. The summed E-state index contributed by atoms with van der Waals surface area (Å²) in [6, 6.07) is 0. The zero-order chi connectivity index (χ0) is 10.0. The molecule has 74 valence electrons. The number of hydrogen-bond donors (Lipinski definition) is 0. The molecule has 0 radical (unpaired) electrons. The van der Waals surface area contributed by atoms with Crippen LogP contribution < -0.4 is 0 Å². The van der Waals surface area contributed by atoms with E-state index in [9.17, 15) is 0 Å². The van der Waals surface area contributed by atoms with E-state index in [1.165, 1.54) is 0 Å². The van der Waals surface area contributed by atoms with Gasteiger partial charge in [-0.25, -0.2) is 4.98 Å². The van der Waals surface area contributed by atoms with Crippen molar-refractivity contribution in [2.75, 3.05) is 0 Å². The van der Waals surface area contributed by atoms with Gasteiger partial charge in [0.05, 0.1) is 0 Å². The number of nitrogens with zero attached hydrogens (tertiary/aromatic N) is 2. The van der Waals surface area contributed by atoms with Crippen molar-refractivity contribution < 1.29 is 0 Å². The molecule has 1 aromatic heterocycles. The summed E-state index contributed by atoms with van der Waals surface area (Å²) in [6.07, 6.45) is 1.13. The van der Waals surface area contributed by atoms with Crippen LogP contribution in [0.15, 0.2) is 9.21 Å². The maximum Gasteiger partial charge on any atom is 0.139 e. The molecule has 0 spiro atoms. The van der Waals surface area contributed by atoms with E-state index >= 15 is 0 Å². The molecule has 0 saturated carbocycles. The lowest BCUT2D eigenvalue weighted by Crippen LogP contribution is -2.05. The molecule has 0 aliphatic rings. The fourth-order valence-electron chi connectivity index (χ4n) is 1.30. The highest BCUT2D eigenvalue weighted by atomic mass is 79.9. The maximum atomic E-state index is 4.46. The minimum Gasteiger partial charge on any atom is -0.322 e. The van der Waals surface area contributed by atoms with Crippen molar-refractivity contribution in [3.63, 3.8) is 0 Å². The normalized spacial score (nSPS) is 11.2. The third-order valence-electron chi connectivity index (χ3n) is 1.86. The molecule has 0 aliphatic heterocycles. The van der Waals surface area contributed by atoms with E-state index in [-0.39, 0.29) is 0 Å². The molecule has 0 unspecified atom stereocenters. The Labute approximate surface area is 96.0 Å². The topological polar surface area (TPSA) is 17.8 Å². The number of rotatable bonds is 3. The second-order valence-electron chi connectivity index (χ2n) is 3.36. The van der Waals surface area contributed by atoms with Gasteiger partial charge in [-0.3, -0.25) is 0 Å². The van der Waals surface area contributed by atoms with Crippen LogP contribution in [-0.2, 0) is 6.54 Å². The fraction of sp³-hybridized carbons (Fsp3) is 0.667. The van der Waals surface area contributed by atoms with Crippen LogP contribution in [0.1, 0.15) is 38.9 Å². The van der Waals surface area contributed by atoms with Crippen molar-refractivity contribution in [1.82, 2.24) is 9.55 Å². The largest absolute Gasteiger partial charge is 0.322 e. The summed E-state index contributed by atoms with van der Waals surface area (Å²) in [4.78, 5) is 4.46. The van der Waals surface area contributed by atoms with E-state index in [0.717, 1.165) is 28.0 Å². The second-order valence-corrected chi connectivity index (χ2v) is 4.86. The van der Waals surface area contributed by atoms with Gasteiger partial charge >= 0.3 is 0 Å². The van der Waals surface area contributed by atoms with Crippen molar-refractivity contribution in [3.05, 3.63) is 15.0 Å². The first-order valence-electron chi connectivity index (χ1n) is 4.49. The van der Waals surface area contributed by atoms with Crippen LogP contribution in [0.3, 0.4) is 0 Å². The number of aromatic nitrogens is 2. The standard InChI is InChI=1S/C9H14Br2N2/c1-4-5-13-8(11)7(10)12-9(13)6(2)3/h6H,4-5H2,1-3H3. The van der Waals surface area contributed by atoms with Gasteiger partial charge in [0.15, 0.2) is 0 Å². The summed E-state index contributed by atoms with van der Waals surface area (Å²) in [7, 11) is 0. The third-order valence-corrected chi connectivity index (χ3v) is 3.75. The minimum absolute atomic E-state index is 0.467. The summed E-state index contributed by atoms with van der Waals surface area (Å²) in [5, 5.41) is 0. The predicted molar refractivity (Wildman–Crippen MR) is 62.0 cm³/mol. The molecular weight excluding hydrogens is 296 g/mol. The van der Waals surface area contributed by atoms with Crippen LogP contribution in [0.4, 0.5) is 0 Å². The first-order valence-corrected chi connectivity index (χ1v) is 6.08. The first-order chi connectivity index (χ1) is 6.07. The van der Waals surface area contributed by atoms with E-state index in [2.05, 4.69) is 62.2 Å². The highest BCUT2D eigenvalue weighted by Crippen LogP contribution is 2.27. The van der Waals surface area contributed by atoms with E-state index in [1.54, 1.807) is 0 Å². The Kier molecular flexibility index (Phi) is 3.98. The van der Waals surface area contributed by atoms with Crippen LogP contribution in [0.25, 0.3) is 0 Å². The molecule has 0 aliphatic carbocycles. The van der Waals surface area contributed by atoms with Crippen molar-refractivity contribution in [2.24, 2.45) is 0 Å². The molecule has 13 heavy (non-hydrogen) atoms. The Morgan fingerprint density at radius 2 is 2.00 bits per heavy atom. The van der Waals surface area contributed by atoms with Gasteiger partial charge in [0.25, 0.3) is 0 Å². The highest BCUT2D eigenvalue weighted by molar-refractivity contribution is 9.13. The van der Waals surface area contributed by atoms with Crippen molar-refractivity contribution in [2.45, 2.75) is 39.7 Å². The van der Waals surface area contributed by atoms with Gasteiger partial charge in [0, 0.05) is 12.5 Å². The van der Waals surface area contributed by atoms with Gasteiger partial charge in [0.2, 0.25) is 0 Å². The molecule has 1 heterocycles. The quantitative estimate of drug-likeness (QED) is 0.827. The smallest absolute Gasteiger partial charge is 0.139 e. The molecule has 1 rings (SSSR count). The summed E-state index contributed by atoms with van der Waals surface area (Å²) in [5.74, 6) is 1.61. The Morgan fingerprint density at radius 3 is 2.46 bits per heavy atom. The minimum atomic E-state index is 0.467. The summed E-state index contributed by atoms with van der Waals surface area (Å²) in [6.45, 7) is 7.51. The molecule has 0 saturated heterocycles. The molecule has 0 aromatic carbocycles. The van der Waals surface area contributed by atoms with E-state index < -0.39 is 0 Å². The summed E-state index contributed by atoms with van der Waals surface area (Å²) >= 11 is 6.95. The van der Waals surface area contributed by atoms with Gasteiger partial charge in [-0.1, -0.05) is 20.8 Å². The molecule has 0 fully saturated rings. The SMILES string of the molecule is CCCn1c(C(C)C)nc(Br)c1Br. The van der Waals surface area contributed by atoms with Gasteiger partial charge in [-0.05, 0) is 38.3 Å². The van der Waals surface area contributed by atoms with Gasteiger partial charge in [-0.15, -0.1) is 0 Å².